The molecule has 0 bridgehead atoms. The molecule has 0 spiro atoms. The molecule has 0 radical (unpaired) electrons. The first-order valence-corrected chi connectivity index (χ1v) is 4.50. The number of nitrogens with zero attached hydrogens (tertiary/aromatic N) is 3. The van der Waals surface area contributed by atoms with Crippen molar-refractivity contribution in [3.63, 3.8) is 0 Å². The molecule has 1 N–H and O–H groups in total. The smallest absolute Gasteiger partial charge is 0.358 e. The van der Waals surface area contributed by atoms with E-state index in [0.717, 1.165) is 4.68 Å². The molecule has 82 valence electrons. The van der Waals surface area contributed by atoms with Crippen LogP contribution in [0.25, 0.3) is 5.69 Å². The minimum atomic E-state index is -1.19. The zero-order valence-corrected chi connectivity index (χ0v) is 8.38. The number of hydrogen-bond acceptors (Lipinski definition) is 3. The summed E-state index contributed by atoms with van der Waals surface area (Å²) in [5.74, 6) is -1.66. The van der Waals surface area contributed by atoms with Crippen molar-refractivity contribution in [2.75, 3.05) is 0 Å². The number of aromatic nitrogens is 3. The number of benzene rings is 1. The molecule has 1 heterocycles. The quantitative estimate of drug-likeness (QED) is 0.832. The van der Waals surface area contributed by atoms with Crippen molar-refractivity contribution in [2.45, 2.75) is 6.92 Å². The van der Waals surface area contributed by atoms with E-state index in [1.165, 1.54) is 12.3 Å². The van der Waals surface area contributed by atoms with Gasteiger partial charge in [0, 0.05) is 0 Å². The van der Waals surface area contributed by atoms with Crippen molar-refractivity contribution in [1.29, 1.82) is 0 Å². The van der Waals surface area contributed by atoms with Crippen molar-refractivity contribution in [3.05, 3.63) is 41.5 Å². The summed E-state index contributed by atoms with van der Waals surface area (Å²) in [5.41, 5.74) is 0.645. The zero-order valence-electron chi connectivity index (χ0n) is 8.38. The van der Waals surface area contributed by atoms with Crippen LogP contribution in [0.1, 0.15) is 16.1 Å². The molecule has 16 heavy (non-hydrogen) atoms. The molecule has 0 amide bonds. The molecule has 0 aliphatic rings. The lowest BCUT2D eigenvalue weighted by Crippen LogP contribution is -2.01. The van der Waals surface area contributed by atoms with Gasteiger partial charge in [-0.25, -0.2) is 13.9 Å². The number of carbonyl (C=O) groups is 1. The Morgan fingerprint density at radius 2 is 2.25 bits per heavy atom. The SMILES string of the molecule is Cc1cccc(F)c1-n1cc(C(=O)O)nn1. The third-order valence-corrected chi connectivity index (χ3v) is 2.13. The van der Waals surface area contributed by atoms with Crippen LogP contribution in [-0.2, 0) is 0 Å². The van der Waals surface area contributed by atoms with Gasteiger partial charge in [0.05, 0.1) is 6.20 Å². The summed E-state index contributed by atoms with van der Waals surface area (Å²) in [6.45, 7) is 1.71. The van der Waals surface area contributed by atoms with E-state index in [1.807, 2.05) is 0 Å². The van der Waals surface area contributed by atoms with E-state index < -0.39 is 11.8 Å². The van der Waals surface area contributed by atoms with Crippen LogP contribution in [0.15, 0.2) is 24.4 Å². The zero-order chi connectivity index (χ0) is 11.7. The van der Waals surface area contributed by atoms with E-state index in [0.29, 0.717) is 5.56 Å². The number of carboxylic acids is 1. The van der Waals surface area contributed by atoms with Gasteiger partial charge < -0.3 is 5.11 Å². The Balaban J connectivity index is 2.54. The molecule has 0 atom stereocenters. The van der Waals surface area contributed by atoms with Crippen molar-refractivity contribution in [2.24, 2.45) is 0 Å². The van der Waals surface area contributed by atoms with E-state index in [9.17, 15) is 9.18 Å². The standard InChI is InChI=1S/C10H8FN3O2/c1-6-3-2-4-7(11)9(6)14-5-8(10(15)16)12-13-14/h2-5H,1H3,(H,15,16). The molecule has 2 aromatic rings. The Labute approximate surface area is 90.1 Å². The van der Waals surface area contributed by atoms with Gasteiger partial charge in [-0.1, -0.05) is 17.3 Å². The topological polar surface area (TPSA) is 68.0 Å². The summed E-state index contributed by atoms with van der Waals surface area (Å²) < 4.78 is 14.6. The average molecular weight is 221 g/mol. The van der Waals surface area contributed by atoms with Crippen LogP contribution >= 0.6 is 0 Å². The van der Waals surface area contributed by atoms with Crippen LogP contribution in [0, 0.1) is 12.7 Å². The van der Waals surface area contributed by atoms with Gasteiger partial charge in [-0.3, -0.25) is 0 Å². The highest BCUT2D eigenvalue weighted by Gasteiger charge is 2.13. The van der Waals surface area contributed by atoms with E-state index in [4.69, 9.17) is 5.11 Å². The maximum Gasteiger partial charge on any atom is 0.358 e. The molecule has 1 aromatic heterocycles. The number of halogens is 1. The molecule has 0 saturated heterocycles. The Kier molecular flexibility index (Phi) is 2.40. The molecule has 6 heteroatoms. The van der Waals surface area contributed by atoms with Crippen molar-refractivity contribution >= 4 is 5.97 Å². The Morgan fingerprint density at radius 1 is 1.50 bits per heavy atom. The van der Waals surface area contributed by atoms with E-state index in [-0.39, 0.29) is 11.4 Å². The van der Waals surface area contributed by atoms with E-state index >= 15 is 0 Å². The van der Waals surface area contributed by atoms with Gasteiger partial charge in [-0.05, 0) is 18.6 Å². The molecule has 0 fully saturated rings. The van der Waals surface area contributed by atoms with Crippen LogP contribution in [0.4, 0.5) is 4.39 Å². The minimum absolute atomic E-state index is 0.211. The maximum absolute atomic E-state index is 13.5. The number of carboxylic acid groups (broad SMARTS) is 1. The first kappa shape index (κ1) is 10.3. The molecule has 5 nitrogen and oxygen atoms in total. The highest BCUT2D eigenvalue weighted by Crippen LogP contribution is 2.16. The molecule has 1 aromatic carbocycles. The first-order valence-electron chi connectivity index (χ1n) is 4.50. The van der Waals surface area contributed by atoms with Gasteiger partial charge in [0.25, 0.3) is 0 Å². The van der Waals surface area contributed by atoms with E-state index in [1.54, 1.807) is 19.1 Å². The largest absolute Gasteiger partial charge is 0.476 e. The lowest BCUT2D eigenvalue weighted by Gasteiger charge is -2.04. The summed E-state index contributed by atoms with van der Waals surface area (Å²) in [6.07, 6.45) is 1.17. The minimum Gasteiger partial charge on any atom is -0.476 e. The molecule has 0 aliphatic heterocycles. The van der Waals surface area contributed by atoms with Gasteiger partial charge >= 0.3 is 5.97 Å². The van der Waals surface area contributed by atoms with Crippen LogP contribution in [0.5, 0.6) is 0 Å². The van der Waals surface area contributed by atoms with Gasteiger partial charge in [0.2, 0.25) is 0 Å². The summed E-state index contributed by atoms with van der Waals surface area (Å²) in [5, 5.41) is 15.7. The summed E-state index contributed by atoms with van der Waals surface area (Å²) in [4.78, 5) is 10.6. The average Bonchev–Trinajstić information content (AvgIpc) is 2.66. The lowest BCUT2D eigenvalue weighted by molar-refractivity contribution is 0.0690. The van der Waals surface area contributed by atoms with Gasteiger partial charge in [-0.2, -0.15) is 0 Å². The number of aromatic carboxylic acids is 1. The predicted molar refractivity (Wildman–Crippen MR) is 53.0 cm³/mol. The molecule has 0 aliphatic carbocycles. The summed E-state index contributed by atoms with van der Waals surface area (Å²) in [6, 6.07) is 4.56. The highest BCUT2D eigenvalue weighted by atomic mass is 19.1. The second kappa shape index (κ2) is 3.73. The number of aryl methyl sites for hydroxylation is 1. The van der Waals surface area contributed by atoms with E-state index in [2.05, 4.69) is 10.3 Å². The fourth-order valence-electron chi connectivity index (χ4n) is 1.38. The predicted octanol–water partition coefficient (Wildman–Crippen LogP) is 1.41. The van der Waals surface area contributed by atoms with Crippen LogP contribution in [0.2, 0.25) is 0 Å². The number of para-hydroxylation sites is 1. The van der Waals surface area contributed by atoms with Gasteiger partial charge in [0.1, 0.15) is 11.5 Å². The normalized spacial score (nSPS) is 10.4. The maximum atomic E-state index is 13.5. The number of hydrogen-bond donors (Lipinski definition) is 1. The lowest BCUT2D eigenvalue weighted by atomic mass is 10.2. The Hall–Kier alpha value is -2.24. The van der Waals surface area contributed by atoms with Gasteiger partial charge in [-0.15, -0.1) is 5.10 Å². The molecule has 0 unspecified atom stereocenters. The third kappa shape index (κ3) is 1.65. The Morgan fingerprint density at radius 3 is 2.81 bits per heavy atom. The molecule has 0 saturated carbocycles. The molecular weight excluding hydrogens is 213 g/mol. The van der Waals surface area contributed by atoms with Crippen LogP contribution in [0.3, 0.4) is 0 Å². The van der Waals surface area contributed by atoms with Crippen molar-refractivity contribution < 1.29 is 14.3 Å². The molecule has 2 rings (SSSR count). The fraction of sp³-hybridized carbons (Fsp3) is 0.100. The van der Waals surface area contributed by atoms with Crippen LogP contribution < -0.4 is 0 Å². The fourth-order valence-corrected chi connectivity index (χ4v) is 1.38. The Bertz CT molecular complexity index is 530. The monoisotopic (exact) mass is 221 g/mol. The third-order valence-electron chi connectivity index (χ3n) is 2.13. The summed E-state index contributed by atoms with van der Waals surface area (Å²) >= 11 is 0. The number of rotatable bonds is 2. The van der Waals surface area contributed by atoms with Crippen LogP contribution in [-0.4, -0.2) is 26.1 Å². The highest BCUT2D eigenvalue weighted by molar-refractivity contribution is 5.84. The van der Waals surface area contributed by atoms with Crippen molar-refractivity contribution in [1.82, 2.24) is 15.0 Å². The van der Waals surface area contributed by atoms with Crippen molar-refractivity contribution in [3.8, 4) is 5.69 Å². The first-order chi connectivity index (χ1) is 7.59. The summed E-state index contributed by atoms with van der Waals surface area (Å²) in [7, 11) is 0. The second-order valence-corrected chi connectivity index (χ2v) is 3.26. The second-order valence-electron chi connectivity index (χ2n) is 3.26. The van der Waals surface area contributed by atoms with Gasteiger partial charge in [0.15, 0.2) is 5.69 Å². The molecular formula is C10H8FN3O2.